The number of sulfonamides is 1. The predicted molar refractivity (Wildman–Crippen MR) is 114 cm³/mol. The van der Waals surface area contributed by atoms with Crippen molar-refractivity contribution in [3.63, 3.8) is 0 Å². The zero-order valence-corrected chi connectivity index (χ0v) is 17.0. The number of hydrogen-bond donors (Lipinski definition) is 1. The molecule has 3 aromatic carbocycles. The molecule has 0 aromatic heterocycles. The quantitative estimate of drug-likeness (QED) is 0.580. The average Bonchev–Trinajstić information content (AvgIpc) is 3.49. The minimum absolute atomic E-state index is 0.222. The number of rotatable bonds is 9. The second kappa shape index (κ2) is 8.49. The van der Waals surface area contributed by atoms with Gasteiger partial charge in [0.1, 0.15) is 0 Å². The fourth-order valence-electron chi connectivity index (χ4n) is 3.84. The molecule has 4 rings (SSSR count). The van der Waals surface area contributed by atoms with Crippen molar-refractivity contribution < 1.29 is 13.2 Å². The molecule has 3 aromatic rings. The molecule has 150 valence electrons. The van der Waals surface area contributed by atoms with Crippen LogP contribution in [0.3, 0.4) is 0 Å². The van der Waals surface area contributed by atoms with E-state index in [1.165, 1.54) is 0 Å². The van der Waals surface area contributed by atoms with E-state index in [0.29, 0.717) is 24.7 Å². The second-order valence-electron chi connectivity index (χ2n) is 7.56. The minimum atomic E-state index is -3.54. The van der Waals surface area contributed by atoms with E-state index < -0.39 is 10.0 Å². The number of benzene rings is 3. The monoisotopic (exact) mass is 407 g/mol. The summed E-state index contributed by atoms with van der Waals surface area (Å²) in [5.74, 6) is 0.284. The van der Waals surface area contributed by atoms with Crippen LogP contribution in [0, 0.1) is 5.92 Å². The maximum Gasteiger partial charge on any atom is 0.240 e. The van der Waals surface area contributed by atoms with Gasteiger partial charge in [0.2, 0.25) is 10.0 Å². The smallest absolute Gasteiger partial charge is 0.240 e. The molecule has 0 radical (unpaired) electrons. The van der Waals surface area contributed by atoms with Crippen molar-refractivity contribution in [2.45, 2.75) is 23.3 Å². The van der Waals surface area contributed by atoms with Crippen molar-refractivity contribution >= 4 is 10.0 Å². The first kappa shape index (κ1) is 19.8. The average molecular weight is 408 g/mol. The Hall–Kier alpha value is -2.47. The van der Waals surface area contributed by atoms with Gasteiger partial charge in [-0.05, 0) is 35.6 Å². The van der Waals surface area contributed by atoms with E-state index >= 15 is 0 Å². The molecule has 1 aliphatic rings. The van der Waals surface area contributed by atoms with Gasteiger partial charge in [-0.2, -0.15) is 0 Å². The predicted octanol–water partition coefficient (Wildman–Crippen LogP) is 4.14. The normalized spacial score (nSPS) is 21.0. The molecule has 1 saturated carbocycles. The third kappa shape index (κ3) is 4.58. The Kier molecular flexibility index (Phi) is 5.81. The van der Waals surface area contributed by atoms with Crippen LogP contribution in [0.2, 0.25) is 0 Å². The van der Waals surface area contributed by atoms with Crippen LogP contribution >= 0.6 is 0 Å². The Morgan fingerprint density at radius 3 is 2.10 bits per heavy atom. The highest BCUT2D eigenvalue weighted by Crippen LogP contribution is 2.54. The maximum atomic E-state index is 12.7. The molecule has 0 heterocycles. The van der Waals surface area contributed by atoms with Crippen LogP contribution in [0.25, 0.3) is 0 Å². The maximum absolute atomic E-state index is 12.7. The highest BCUT2D eigenvalue weighted by atomic mass is 32.2. The van der Waals surface area contributed by atoms with E-state index in [2.05, 4.69) is 16.9 Å². The van der Waals surface area contributed by atoms with Crippen molar-refractivity contribution in [3.8, 4) is 0 Å². The zero-order valence-electron chi connectivity index (χ0n) is 16.2. The third-order valence-corrected chi connectivity index (χ3v) is 7.06. The SMILES string of the molecule is O=S(=O)(NC[C@]1(c2ccccc2)C[C@H]1COCc1ccccc1)c1ccccc1. The van der Waals surface area contributed by atoms with Gasteiger partial charge >= 0.3 is 0 Å². The van der Waals surface area contributed by atoms with Crippen LogP contribution in [-0.4, -0.2) is 21.6 Å². The Bertz CT molecular complexity index is 1020. The molecule has 4 nitrogen and oxygen atoms in total. The lowest BCUT2D eigenvalue weighted by Crippen LogP contribution is -2.34. The van der Waals surface area contributed by atoms with Crippen molar-refractivity contribution in [3.05, 3.63) is 102 Å². The molecule has 5 heteroatoms. The lowest BCUT2D eigenvalue weighted by Gasteiger charge is -2.19. The van der Waals surface area contributed by atoms with E-state index in [-0.39, 0.29) is 11.3 Å². The Morgan fingerprint density at radius 1 is 0.862 bits per heavy atom. The van der Waals surface area contributed by atoms with Crippen molar-refractivity contribution in [2.24, 2.45) is 5.92 Å². The van der Waals surface area contributed by atoms with Gasteiger partial charge in [0.25, 0.3) is 0 Å². The summed E-state index contributed by atoms with van der Waals surface area (Å²) in [6.45, 7) is 1.54. The van der Waals surface area contributed by atoms with E-state index in [1.54, 1.807) is 24.3 Å². The fraction of sp³-hybridized carbons (Fsp3) is 0.250. The lowest BCUT2D eigenvalue weighted by atomic mass is 9.93. The zero-order chi connectivity index (χ0) is 20.2. The third-order valence-electron chi connectivity index (χ3n) is 5.64. The number of hydrogen-bond acceptors (Lipinski definition) is 3. The molecule has 0 bridgehead atoms. The van der Waals surface area contributed by atoms with E-state index in [4.69, 9.17) is 4.74 Å². The molecule has 2 atom stereocenters. The van der Waals surface area contributed by atoms with Crippen LogP contribution in [0.4, 0.5) is 0 Å². The van der Waals surface area contributed by atoms with Gasteiger partial charge in [-0.1, -0.05) is 78.9 Å². The number of ether oxygens (including phenoxy) is 1. The molecule has 0 amide bonds. The first-order valence-corrected chi connectivity index (χ1v) is 11.3. The van der Waals surface area contributed by atoms with E-state index in [1.807, 2.05) is 54.6 Å². The molecule has 1 aliphatic carbocycles. The minimum Gasteiger partial charge on any atom is -0.376 e. The van der Waals surface area contributed by atoms with Gasteiger partial charge in [0, 0.05) is 12.0 Å². The van der Waals surface area contributed by atoms with Gasteiger partial charge in [-0.3, -0.25) is 0 Å². The van der Waals surface area contributed by atoms with Crippen molar-refractivity contribution in [2.75, 3.05) is 13.2 Å². The van der Waals surface area contributed by atoms with E-state index in [0.717, 1.165) is 17.5 Å². The van der Waals surface area contributed by atoms with Crippen LogP contribution < -0.4 is 4.72 Å². The molecular weight excluding hydrogens is 382 g/mol. The highest BCUT2D eigenvalue weighted by molar-refractivity contribution is 7.89. The van der Waals surface area contributed by atoms with Crippen LogP contribution in [0.1, 0.15) is 17.5 Å². The number of nitrogens with one attached hydrogen (secondary N) is 1. The van der Waals surface area contributed by atoms with E-state index in [9.17, 15) is 8.42 Å². The molecule has 1 N–H and O–H groups in total. The van der Waals surface area contributed by atoms with Gasteiger partial charge in [-0.15, -0.1) is 0 Å². The first-order valence-electron chi connectivity index (χ1n) is 9.82. The molecule has 0 saturated heterocycles. The van der Waals surface area contributed by atoms with Gasteiger partial charge in [0.05, 0.1) is 18.1 Å². The topological polar surface area (TPSA) is 55.4 Å². The standard InChI is InChI=1S/C24H25NO3S/c26-29(27,23-14-8-3-9-15-23)25-19-24(21-12-6-2-7-13-21)16-22(24)18-28-17-20-10-4-1-5-11-20/h1-15,22,25H,16-19H2/t22-,24-/m0/s1. The summed E-state index contributed by atoms with van der Waals surface area (Å²) in [5, 5.41) is 0. The van der Waals surface area contributed by atoms with Crippen LogP contribution in [0.5, 0.6) is 0 Å². The summed E-state index contributed by atoms with van der Waals surface area (Å²) >= 11 is 0. The van der Waals surface area contributed by atoms with Gasteiger partial charge < -0.3 is 4.74 Å². The summed E-state index contributed by atoms with van der Waals surface area (Å²) < 4.78 is 34.2. The Labute approximate surface area is 172 Å². The molecule has 0 spiro atoms. The summed E-state index contributed by atoms with van der Waals surface area (Å²) in [6.07, 6.45) is 0.906. The first-order chi connectivity index (χ1) is 14.1. The molecule has 0 aliphatic heterocycles. The summed E-state index contributed by atoms with van der Waals surface area (Å²) in [7, 11) is -3.54. The molecular formula is C24H25NO3S. The highest BCUT2D eigenvalue weighted by Gasteiger charge is 2.55. The van der Waals surface area contributed by atoms with Gasteiger partial charge in [0.15, 0.2) is 0 Å². The fourth-order valence-corrected chi connectivity index (χ4v) is 4.97. The molecule has 1 fully saturated rings. The Morgan fingerprint density at radius 2 is 1.45 bits per heavy atom. The van der Waals surface area contributed by atoms with Crippen LogP contribution in [0.15, 0.2) is 95.9 Å². The van der Waals surface area contributed by atoms with Crippen LogP contribution in [-0.2, 0) is 26.8 Å². The lowest BCUT2D eigenvalue weighted by molar-refractivity contribution is 0.106. The van der Waals surface area contributed by atoms with Crippen molar-refractivity contribution in [1.82, 2.24) is 4.72 Å². The summed E-state index contributed by atoms with van der Waals surface area (Å²) in [6, 6.07) is 28.7. The summed E-state index contributed by atoms with van der Waals surface area (Å²) in [5.41, 5.74) is 2.08. The second-order valence-corrected chi connectivity index (χ2v) is 9.33. The Balaban J connectivity index is 1.44. The molecule has 0 unspecified atom stereocenters. The van der Waals surface area contributed by atoms with Crippen molar-refractivity contribution in [1.29, 1.82) is 0 Å². The summed E-state index contributed by atoms with van der Waals surface area (Å²) in [4.78, 5) is 0.292. The largest absolute Gasteiger partial charge is 0.376 e. The molecule has 29 heavy (non-hydrogen) atoms. The van der Waals surface area contributed by atoms with Gasteiger partial charge in [-0.25, -0.2) is 13.1 Å².